The molecule has 0 radical (unpaired) electrons. The molecule has 0 aromatic carbocycles. The first-order valence-corrected chi connectivity index (χ1v) is 4.86. The second kappa shape index (κ2) is 5.72. The molecule has 1 atom stereocenters. The van der Waals surface area contributed by atoms with Crippen LogP contribution in [0.25, 0.3) is 0 Å². The number of carboxylic acid groups (broad SMARTS) is 1. The van der Waals surface area contributed by atoms with Gasteiger partial charge < -0.3 is 10.0 Å². The quantitative estimate of drug-likeness (QED) is 0.796. The first-order valence-electron chi connectivity index (χ1n) is 4.86. The van der Waals surface area contributed by atoms with Crippen LogP contribution in [0.4, 0.5) is 13.2 Å². The summed E-state index contributed by atoms with van der Waals surface area (Å²) in [7, 11) is 0. The maximum atomic E-state index is 12.2. The van der Waals surface area contributed by atoms with E-state index in [2.05, 4.69) is 0 Å². The Bertz CT molecular complexity index is 265. The summed E-state index contributed by atoms with van der Waals surface area (Å²) in [5, 5.41) is 8.72. The lowest BCUT2D eigenvalue weighted by Crippen LogP contribution is -2.50. The maximum Gasteiger partial charge on any atom is 0.471 e. The van der Waals surface area contributed by atoms with Crippen LogP contribution in [0.3, 0.4) is 0 Å². The third-order valence-corrected chi connectivity index (χ3v) is 2.02. The molecular weight excluding hydrogens is 227 g/mol. The van der Waals surface area contributed by atoms with Crippen molar-refractivity contribution in [2.75, 3.05) is 6.54 Å². The largest absolute Gasteiger partial charge is 0.480 e. The van der Waals surface area contributed by atoms with Crippen LogP contribution in [0.2, 0.25) is 0 Å². The van der Waals surface area contributed by atoms with Gasteiger partial charge in [-0.3, -0.25) is 4.79 Å². The minimum atomic E-state index is -5.03. The van der Waals surface area contributed by atoms with Gasteiger partial charge in [0, 0.05) is 6.54 Å². The molecule has 0 saturated carbocycles. The highest BCUT2D eigenvalue weighted by atomic mass is 19.4. The predicted molar refractivity (Wildman–Crippen MR) is 49.8 cm³/mol. The fourth-order valence-electron chi connectivity index (χ4n) is 1.33. The van der Waals surface area contributed by atoms with E-state index in [4.69, 9.17) is 5.11 Å². The number of aliphatic carboxylic acids is 1. The van der Waals surface area contributed by atoms with Crippen molar-refractivity contribution in [1.29, 1.82) is 0 Å². The number of halogens is 3. The molecule has 0 aliphatic rings. The Hall–Kier alpha value is -1.27. The van der Waals surface area contributed by atoms with E-state index in [1.165, 1.54) is 6.92 Å². The van der Waals surface area contributed by atoms with E-state index in [1.54, 1.807) is 6.92 Å². The van der Waals surface area contributed by atoms with Crippen LogP contribution < -0.4 is 0 Å². The summed E-state index contributed by atoms with van der Waals surface area (Å²) in [5.74, 6) is -3.52. The van der Waals surface area contributed by atoms with Gasteiger partial charge in [-0.15, -0.1) is 0 Å². The molecule has 0 heterocycles. The lowest BCUT2D eigenvalue weighted by atomic mass is 10.1. The van der Waals surface area contributed by atoms with Gasteiger partial charge in [0.25, 0.3) is 0 Å². The molecule has 94 valence electrons. The normalized spacial score (nSPS) is 13.3. The Labute approximate surface area is 91.0 Å². The number of hydrogen-bond acceptors (Lipinski definition) is 2. The minimum Gasteiger partial charge on any atom is -0.480 e. The first kappa shape index (κ1) is 14.7. The van der Waals surface area contributed by atoms with Gasteiger partial charge in [0.05, 0.1) is 0 Å². The topological polar surface area (TPSA) is 57.6 Å². The number of amides is 1. The molecule has 0 aliphatic heterocycles. The van der Waals surface area contributed by atoms with E-state index in [-0.39, 0.29) is 19.4 Å². The Morgan fingerprint density at radius 1 is 1.31 bits per heavy atom. The van der Waals surface area contributed by atoms with Crippen molar-refractivity contribution in [2.24, 2.45) is 0 Å². The fourth-order valence-corrected chi connectivity index (χ4v) is 1.33. The number of alkyl halides is 3. The molecular formula is C9H14F3NO3. The minimum absolute atomic E-state index is 0.0584. The third kappa shape index (κ3) is 3.71. The molecule has 7 heteroatoms. The first-order chi connectivity index (χ1) is 7.25. The van der Waals surface area contributed by atoms with Crippen LogP contribution in [0.15, 0.2) is 0 Å². The van der Waals surface area contributed by atoms with Gasteiger partial charge in [0.2, 0.25) is 0 Å². The van der Waals surface area contributed by atoms with Crippen molar-refractivity contribution in [2.45, 2.75) is 38.9 Å². The smallest absolute Gasteiger partial charge is 0.471 e. The second-order valence-electron chi connectivity index (χ2n) is 3.26. The molecule has 0 aromatic rings. The molecule has 4 nitrogen and oxygen atoms in total. The number of carbonyl (C=O) groups is 2. The van der Waals surface area contributed by atoms with E-state index in [0.29, 0.717) is 4.90 Å². The van der Waals surface area contributed by atoms with Crippen molar-refractivity contribution < 1.29 is 27.9 Å². The number of nitrogens with zero attached hydrogens (tertiary/aromatic N) is 1. The molecule has 0 aromatic heterocycles. The zero-order valence-corrected chi connectivity index (χ0v) is 9.04. The van der Waals surface area contributed by atoms with E-state index in [1.807, 2.05) is 0 Å². The van der Waals surface area contributed by atoms with Crippen molar-refractivity contribution in [3.8, 4) is 0 Å². The Morgan fingerprint density at radius 2 is 1.81 bits per heavy atom. The van der Waals surface area contributed by atoms with Crippen LogP contribution in [0, 0.1) is 0 Å². The van der Waals surface area contributed by atoms with E-state index < -0.39 is 24.1 Å². The maximum absolute atomic E-state index is 12.2. The monoisotopic (exact) mass is 241 g/mol. The summed E-state index contributed by atoms with van der Waals surface area (Å²) in [6.07, 6.45) is -4.82. The highest BCUT2D eigenvalue weighted by Crippen LogP contribution is 2.21. The lowest BCUT2D eigenvalue weighted by molar-refractivity contribution is -0.189. The summed E-state index contributed by atoms with van der Waals surface area (Å²) < 4.78 is 36.6. The van der Waals surface area contributed by atoms with Gasteiger partial charge >= 0.3 is 18.1 Å². The standard InChI is InChI=1S/C9H14F3NO3/c1-3-5-13(6(4-2)7(14)15)8(16)9(10,11)12/h6H,3-5H2,1-2H3,(H,14,15). The average molecular weight is 241 g/mol. The van der Waals surface area contributed by atoms with Crippen molar-refractivity contribution in [1.82, 2.24) is 4.90 Å². The number of hydrogen-bond donors (Lipinski definition) is 1. The van der Waals surface area contributed by atoms with Crippen molar-refractivity contribution in [3.05, 3.63) is 0 Å². The number of carboxylic acids is 1. The lowest BCUT2D eigenvalue weighted by Gasteiger charge is -2.28. The number of carbonyl (C=O) groups excluding carboxylic acids is 1. The van der Waals surface area contributed by atoms with Gasteiger partial charge in [-0.05, 0) is 12.8 Å². The number of rotatable bonds is 5. The Balaban J connectivity index is 4.98. The van der Waals surface area contributed by atoms with Gasteiger partial charge in [-0.1, -0.05) is 13.8 Å². The van der Waals surface area contributed by atoms with Gasteiger partial charge in [0.1, 0.15) is 6.04 Å². The SMILES string of the molecule is CCCN(C(=O)C(F)(F)F)C(CC)C(=O)O. The molecule has 0 rings (SSSR count). The summed E-state index contributed by atoms with van der Waals surface area (Å²) in [4.78, 5) is 22.1. The van der Waals surface area contributed by atoms with Crippen molar-refractivity contribution in [3.63, 3.8) is 0 Å². The van der Waals surface area contributed by atoms with Gasteiger partial charge in [0.15, 0.2) is 0 Å². The zero-order chi connectivity index (χ0) is 12.9. The van der Waals surface area contributed by atoms with Crippen LogP contribution in [-0.2, 0) is 9.59 Å². The molecule has 0 fully saturated rings. The van der Waals surface area contributed by atoms with Gasteiger partial charge in [-0.2, -0.15) is 13.2 Å². The van der Waals surface area contributed by atoms with Crippen LogP contribution >= 0.6 is 0 Å². The van der Waals surface area contributed by atoms with Crippen LogP contribution in [-0.4, -0.2) is 40.6 Å². The molecule has 0 aliphatic carbocycles. The molecule has 0 bridgehead atoms. The fraction of sp³-hybridized carbons (Fsp3) is 0.778. The summed E-state index contributed by atoms with van der Waals surface area (Å²) in [5.41, 5.74) is 0. The highest BCUT2D eigenvalue weighted by molar-refractivity contribution is 5.87. The average Bonchev–Trinajstić information content (AvgIpc) is 2.14. The van der Waals surface area contributed by atoms with Crippen LogP contribution in [0.1, 0.15) is 26.7 Å². The third-order valence-electron chi connectivity index (χ3n) is 2.02. The van der Waals surface area contributed by atoms with E-state index in [9.17, 15) is 22.8 Å². The summed E-state index contributed by atoms with van der Waals surface area (Å²) in [6, 6.07) is -1.42. The van der Waals surface area contributed by atoms with Crippen LogP contribution in [0.5, 0.6) is 0 Å². The van der Waals surface area contributed by atoms with Crippen molar-refractivity contribution >= 4 is 11.9 Å². The molecule has 0 saturated heterocycles. The molecule has 1 unspecified atom stereocenters. The molecule has 1 N–H and O–H groups in total. The summed E-state index contributed by atoms with van der Waals surface area (Å²) >= 11 is 0. The Kier molecular flexibility index (Phi) is 5.26. The Morgan fingerprint density at radius 3 is 2.06 bits per heavy atom. The molecule has 1 amide bonds. The van der Waals surface area contributed by atoms with E-state index in [0.717, 1.165) is 0 Å². The zero-order valence-electron chi connectivity index (χ0n) is 9.04. The van der Waals surface area contributed by atoms with Gasteiger partial charge in [-0.25, -0.2) is 4.79 Å². The predicted octanol–water partition coefficient (Wildman–Crippen LogP) is 1.65. The molecule has 0 spiro atoms. The summed E-state index contributed by atoms with van der Waals surface area (Å²) in [6.45, 7) is 2.78. The molecule has 16 heavy (non-hydrogen) atoms. The van der Waals surface area contributed by atoms with E-state index >= 15 is 0 Å². The second-order valence-corrected chi connectivity index (χ2v) is 3.26. The highest BCUT2D eigenvalue weighted by Gasteiger charge is 2.45.